The topological polar surface area (TPSA) is 49.3 Å². The largest absolute Gasteiger partial charge is 0.378 e. The first-order valence-electron chi connectivity index (χ1n) is 5.30. The molecule has 1 unspecified atom stereocenters. The van der Waals surface area contributed by atoms with Crippen LogP contribution in [0.4, 0.5) is 0 Å². The first-order chi connectivity index (χ1) is 8.27. The Hall–Kier alpha value is -1.65. The molecule has 3 nitrogen and oxygen atoms in total. The molecule has 2 aromatic rings. The standard InChI is InChI=1S/C13H13NO2S/c15-12(10-5-2-1-3-6-10)13(16)14-9-11-7-4-8-17-11/h1-8,12,15H,9H2,(H,14,16). The third-order valence-corrected chi connectivity index (χ3v) is 3.26. The smallest absolute Gasteiger partial charge is 0.253 e. The number of carbonyl (C=O) groups excluding carboxylic acids is 1. The Morgan fingerprint density at radius 2 is 2.00 bits per heavy atom. The van der Waals surface area contributed by atoms with Crippen LogP contribution in [0.3, 0.4) is 0 Å². The van der Waals surface area contributed by atoms with Gasteiger partial charge in [-0.1, -0.05) is 36.4 Å². The average molecular weight is 247 g/mol. The number of hydrogen-bond donors (Lipinski definition) is 2. The van der Waals surface area contributed by atoms with Gasteiger partial charge in [0.15, 0.2) is 6.10 Å². The summed E-state index contributed by atoms with van der Waals surface area (Å²) in [7, 11) is 0. The molecule has 0 saturated heterocycles. The van der Waals surface area contributed by atoms with Crippen LogP contribution in [0.5, 0.6) is 0 Å². The number of aliphatic hydroxyl groups is 1. The second kappa shape index (κ2) is 5.61. The van der Waals surface area contributed by atoms with Crippen LogP contribution in [-0.4, -0.2) is 11.0 Å². The van der Waals surface area contributed by atoms with Gasteiger partial charge in [-0.25, -0.2) is 0 Å². The number of nitrogens with one attached hydrogen (secondary N) is 1. The predicted molar refractivity (Wildman–Crippen MR) is 67.6 cm³/mol. The molecule has 2 rings (SSSR count). The number of carbonyl (C=O) groups is 1. The lowest BCUT2D eigenvalue weighted by Gasteiger charge is -2.10. The van der Waals surface area contributed by atoms with E-state index in [4.69, 9.17) is 0 Å². The van der Waals surface area contributed by atoms with E-state index in [-0.39, 0.29) is 5.91 Å². The van der Waals surface area contributed by atoms with E-state index in [1.54, 1.807) is 35.6 Å². The normalized spacial score (nSPS) is 12.1. The molecule has 0 aliphatic rings. The van der Waals surface area contributed by atoms with Gasteiger partial charge in [0, 0.05) is 4.88 Å². The number of amides is 1. The number of benzene rings is 1. The highest BCUT2D eigenvalue weighted by Crippen LogP contribution is 2.13. The molecule has 1 atom stereocenters. The second-order valence-corrected chi connectivity index (χ2v) is 4.64. The van der Waals surface area contributed by atoms with Crippen molar-refractivity contribution in [2.75, 3.05) is 0 Å². The molecule has 0 fully saturated rings. The summed E-state index contributed by atoms with van der Waals surface area (Å²) >= 11 is 1.58. The lowest BCUT2D eigenvalue weighted by atomic mass is 10.1. The van der Waals surface area contributed by atoms with Crippen LogP contribution in [0.15, 0.2) is 47.8 Å². The molecule has 0 spiro atoms. The molecule has 88 valence electrons. The highest BCUT2D eigenvalue weighted by molar-refractivity contribution is 7.09. The molecule has 0 bridgehead atoms. The van der Waals surface area contributed by atoms with Crippen molar-refractivity contribution in [1.29, 1.82) is 0 Å². The molecule has 0 aliphatic carbocycles. The maximum atomic E-state index is 11.7. The van der Waals surface area contributed by atoms with Crippen LogP contribution in [0, 0.1) is 0 Å². The number of aliphatic hydroxyl groups excluding tert-OH is 1. The van der Waals surface area contributed by atoms with Crippen molar-refractivity contribution in [1.82, 2.24) is 5.32 Å². The van der Waals surface area contributed by atoms with Crippen molar-refractivity contribution in [2.45, 2.75) is 12.6 Å². The van der Waals surface area contributed by atoms with Crippen LogP contribution in [0.2, 0.25) is 0 Å². The minimum Gasteiger partial charge on any atom is -0.378 e. The summed E-state index contributed by atoms with van der Waals surface area (Å²) in [5.74, 6) is -0.371. The van der Waals surface area contributed by atoms with Gasteiger partial charge in [-0.15, -0.1) is 11.3 Å². The number of thiophene rings is 1. The van der Waals surface area contributed by atoms with Crippen LogP contribution in [0.1, 0.15) is 16.5 Å². The molecule has 4 heteroatoms. The molecular formula is C13H13NO2S. The van der Waals surface area contributed by atoms with Gasteiger partial charge in [0.2, 0.25) is 0 Å². The lowest BCUT2D eigenvalue weighted by molar-refractivity contribution is -0.129. The van der Waals surface area contributed by atoms with E-state index in [1.807, 2.05) is 23.6 Å². The Balaban J connectivity index is 1.92. The van der Waals surface area contributed by atoms with E-state index in [0.29, 0.717) is 12.1 Å². The molecule has 0 radical (unpaired) electrons. The van der Waals surface area contributed by atoms with Gasteiger partial charge >= 0.3 is 0 Å². The molecule has 1 aromatic heterocycles. The summed E-state index contributed by atoms with van der Waals surface area (Å²) in [4.78, 5) is 12.8. The maximum Gasteiger partial charge on any atom is 0.253 e. The fourth-order valence-electron chi connectivity index (χ4n) is 1.47. The summed E-state index contributed by atoms with van der Waals surface area (Å²) in [5.41, 5.74) is 0.608. The van der Waals surface area contributed by atoms with E-state index >= 15 is 0 Å². The van der Waals surface area contributed by atoms with Crippen molar-refractivity contribution in [3.05, 3.63) is 58.3 Å². The summed E-state index contributed by atoms with van der Waals surface area (Å²) in [6.45, 7) is 0.459. The van der Waals surface area contributed by atoms with Crippen LogP contribution >= 0.6 is 11.3 Å². The van der Waals surface area contributed by atoms with Crippen LogP contribution in [0.25, 0.3) is 0 Å². The Morgan fingerprint density at radius 3 is 2.65 bits per heavy atom. The van der Waals surface area contributed by atoms with Gasteiger partial charge < -0.3 is 10.4 Å². The Kier molecular flexibility index (Phi) is 3.90. The highest BCUT2D eigenvalue weighted by Gasteiger charge is 2.16. The van der Waals surface area contributed by atoms with Crippen molar-refractivity contribution >= 4 is 17.2 Å². The Labute approximate surface area is 104 Å². The maximum absolute atomic E-state index is 11.7. The van der Waals surface area contributed by atoms with Gasteiger partial charge in [-0.05, 0) is 17.0 Å². The number of rotatable bonds is 4. The summed E-state index contributed by atoms with van der Waals surface area (Å²) in [6.07, 6.45) is -1.10. The van der Waals surface area contributed by atoms with Gasteiger partial charge in [0.05, 0.1) is 6.54 Å². The lowest BCUT2D eigenvalue weighted by Crippen LogP contribution is -2.28. The molecule has 1 heterocycles. The molecule has 1 amide bonds. The fourth-order valence-corrected chi connectivity index (χ4v) is 2.12. The van der Waals surface area contributed by atoms with Crippen LogP contribution < -0.4 is 5.32 Å². The molecule has 2 N–H and O–H groups in total. The van der Waals surface area contributed by atoms with E-state index < -0.39 is 6.10 Å². The zero-order chi connectivity index (χ0) is 12.1. The fraction of sp³-hybridized carbons (Fsp3) is 0.154. The predicted octanol–water partition coefficient (Wildman–Crippen LogP) is 2.10. The molecule has 0 aliphatic heterocycles. The van der Waals surface area contributed by atoms with Gasteiger partial charge in [-0.2, -0.15) is 0 Å². The van der Waals surface area contributed by atoms with Crippen molar-refractivity contribution in [3.8, 4) is 0 Å². The SMILES string of the molecule is O=C(NCc1cccs1)C(O)c1ccccc1. The highest BCUT2D eigenvalue weighted by atomic mass is 32.1. The van der Waals surface area contributed by atoms with Gasteiger partial charge in [0.1, 0.15) is 0 Å². The van der Waals surface area contributed by atoms with E-state index in [2.05, 4.69) is 5.32 Å². The quantitative estimate of drug-likeness (QED) is 0.869. The third-order valence-electron chi connectivity index (χ3n) is 2.38. The second-order valence-electron chi connectivity index (χ2n) is 3.61. The zero-order valence-electron chi connectivity index (χ0n) is 9.17. The third kappa shape index (κ3) is 3.15. The summed E-state index contributed by atoms with van der Waals surface area (Å²) < 4.78 is 0. The minimum absolute atomic E-state index is 0.371. The zero-order valence-corrected chi connectivity index (χ0v) is 9.98. The molecule has 17 heavy (non-hydrogen) atoms. The summed E-state index contributed by atoms with van der Waals surface area (Å²) in [6, 6.07) is 12.8. The molecule has 0 saturated carbocycles. The molecule has 1 aromatic carbocycles. The van der Waals surface area contributed by atoms with Crippen molar-refractivity contribution in [2.24, 2.45) is 0 Å². The van der Waals surface area contributed by atoms with E-state index in [0.717, 1.165) is 4.88 Å². The van der Waals surface area contributed by atoms with E-state index in [9.17, 15) is 9.90 Å². The van der Waals surface area contributed by atoms with Crippen molar-refractivity contribution < 1.29 is 9.90 Å². The van der Waals surface area contributed by atoms with Gasteiger partial charge in [0.25, 0.3) is 5.91 Å². The van der Waals surface area contributed by atoms with Crippen LogP contribution in [-0.2, 0) is 11.3 Å². The Morgan fingerprint density at radius 1 is 1.24 bits per heavy atom. The summed E-state index contributed by atoms with van der Waals surface area (Å²) in [5, 5.41) is 14.5. The molecular weight excluding hydrogens is 234 g/mol. The monoisotopic (exact) mass is 247 g/mol. The minimum atomic E-state index is -1.10. The first kappa shape index (κ1) is 11.8. The average Bonchev–Trinajstić information content (AvgIpc) is 2.89. The van der Waals surface area contributed by atoms with E-state index in [1.165, 1.54) is 0 Å². The van der Waals surface area contributed by atoms with Gasteiger partial charge in [-0.3, -0.25) is 4.79 Å². The Bertz CT molecular complexity index is 467. The first-order valence-corrected chi connectivity index (χ1v) is 6.18. The number of hydrogen-bond acceptors (Lipinski definition) is 3. The van der Waals surface area contributed by atoms with Crippen molar-refractivity contribution in [3.63, 3.8) is 0 Å².